The van der Waals surface area contributed by atoms with E-state index in [4.69, 9.17) is 10.3 Å². The fourth-order valence-electron chi connectivity index (χ4n) is 0.514. The predicted molar refractivity (Wildman–Crippen MR) is 47.6 cm³/mol. The lowest BCUT2D eigenvalue weighted by atomic mass is 10.5. The van der Waals surface area contributed by atoms with Gasteiger partial charge in [0.25, 0.3) is 0 Å². The number of rotatable bonds is 2. The van der Waals surface area contributed by atoms with Gasteiger partial charge in [-0.2, -0.15) is 0 Å². The van der Waals surface area contributed by atoms with Gasteiger partial charge in [-0.1, -0.05) is 12.2 Å². The van der Waals surface area contributed by atoms with Crippen LogP contribution in [-0.2, 0) is 6.54 Å². The molecule has 1 rings (SSSR count). The topological polar surface area (TPSA) is 77.2 Å². The van der Waals surface area contributed by atoms with Crippen molar-refractivity contribution in [3.05, 3.63) is 24.2 Å². The van der Waals surface area contributed by atoms with Gasteiger partial charge in [0.05, 0.1) is 18.3 Å². The number of hydrogen-bond donors (Lipinski definition) is 3. The molecular formula is C6H11N3OS. The summed E-state index contributed by atoms with van der Waals surface area (Å²) < 4.78 is 4.93. The van der Waals surface area contributed by atoms with Crippen LogP contribution in [0.1, 0.15) is 5.76 Å². The summed E-state index contributed by atoms with van der Waals surface area (Å²) >= 11 is 4.05. The molecule has 0 atom stereocenters. The predicted octanol–water partition coefficient (Wildman–Crippen LogP) is 0.145. The number of thiocarbonyl (C=S) groups is 1. The fraction of sp³-hybridized carbons (Fsp3) is 0.167. The van der Waals surface area contributed by atoms with Crippen LogP contribution in [0.4, 0.5) is 0 Å². The quantitative estimate of drug-likeness (QED) is 0.337. The Labute approximate surface area is 70.5 Å². The first-order valence-electron chi connectivity index (χ1n) is 2.96. The molecule has 11 heavy (non-hydrogen) atoms. The second-order valence-corrected chi connectivity index (χ2v) is 1.87. The van der Waals surface area contributed by atoms with Crippen molar-refractivity contribution < 1.29 is 4.42 Å². The monoisotopic (exact) mass is 173 g/mol. The van der Waals surface area contributed by atoms with Crippen LogP contribution in [0.3, 0.4) is 0 Å². The fourth-order valence-corrected chi connectivity index (χ4v) is 0.514. The first-order valence-corrected chi connectivity index (χ1v) is 3.43. The van der Waals surface area contributed by atoms with Gasteiger partial charge < -0.3 is 10.2 Å². The van der Waals surface area contributed by atoms with Gasteiger partial charge >= 0.3 is 0 Å². The molecule has 1 heterocycles. The Morgan fingerprint density at radius 3 is 2.73 bits per heavy atom. The first kappa shape index (κ1) is 10.1. The zero-order valence-corrected chi connectivity index (χ0v) is 6.80. The standard InChI is InChI=1S/C5H8N2O.CH3NS/c6-7-4-5-2-1-3-8-5;2-1-3/h1-3,7H,4,6H2;1H,(H2,2,3). The van der Waals surface area contributed by atoms with Crippen molar-refractivity contribution in [1.29, 1.82) is 0 Å². The third-order valence-electron chi connectivity index (χ3n) is 0.856. The van der Waals surface area contributed by atoms with E-state index in [0.29, 0.717) is 6.54 Å². The Morgan fingerprint density at radius 2 is 2.36 bits per heavy atom. The van der Waals surface area contributed by atoms with Crippen LogP contribution in [0.25, 0.3) is 0 Å². The molecule has 0 bridgehead atoms. The van der Waals surface area contributed by atoms with Crippen LogP contribution in [0, 0.1) is 0 Å². The van der Waals surface area contributed by atoms with Crippen LogP contribution in [0.5, 0.6) is 0 Å². The molecule has 0 fully saturated rings. The summed E-state index contributed by atoms with van der Waals surface area (Å²) in [6.45, 7) is 0.590. The highest BCUT2D eigenvalue weighted by atomic mass is 32.1. The summed E-state index contributed by atoms with van der Waals surface area (Å²) in [6, 6.07) is 3.69. The molecule has 0 spiro atoms. The van der Waals surface area contributed by atoms with Crippen molar-refractivity contribution in [3.63, 3.8) is 0 Å². The average molecular weight is 173 g/mol. The van der Waals surface area contributed by atoms with Gasteiger partial charge in [0.2, 0.25) is 0 Å². The lowest BCUT2D eigenvalue weighted by Gasteiger charge is -1.89. The normalized spacial score (nSPS) is 8.09. The van der Waals surface area contributed by atoms with Gasteiger partial charge in [-0.15, -0.1) is 0 Å². The van der Waals surface area contributed by atoms with Crippen LogP contribution >= 0.6 is 12.2 Å². The first-order chi connectivity index (χ1) is 5.35. The van der Waals surface area contributed by atoms with Gasteiger partial charge in [-0.25, -0.2) is 0 Å². The van der Waals surface area contributed by atoms with Crippen molar-refractivity contribution in [2.45, 2.75) is 6.54 Å². The molecule has 0 aliphatic carbocycles. The van der Waals surface area contributed by atoms with E-state index in [1.165, 1.54) is 0 Å². The maximum atomic E-state index is 5.01. The summed E-state index contributed by atoms with van der Waals surface area (Å²) in [5, 5.41) is 0. The van der Waals surface area contributed by atoms with E-state index >= 15 is 0 Å². The van der Waals surface area contributed by atoms with Crippen LogP contribution < -0.4 is 17.0 Å². The highest BCUT2D eigenvalue weighted by Crippen LogP contribution is 1.96. The third kappa shape index (κ3) is 5.53. The van der Waals surface area contributed by atoms with E-state index < -0.39 is 0 Å². The van der Waals surface area contributed by atoms with Crippen molar-refractivity contribution in [3.8, 4) is 0 Å². The van der Waals surface area contributed by atoms with E-state index in [1.54, 1.807) is 6.26 Å². The van der Waals surface area contributed by atoms with Gasteiger partial charge in [0.15, 0.2) is 0 Å². The lowest BCUT2D eigenvalue weighted by molar-refractivity contribution is 0.488. The summed E-state index contributed by atoms with van der Waals surface area (Å²) in [5.74, 6) is 5.86. The Balaban J connectivity index is 0.000000292. The Hall–Kier alpha value is -0.910. The van der Waals surface area contributed by atoms with Crippen LogP contribution in [0.15, 0.2) is 22.8 Å². The van der Waals surface area contributed by atoms with Gasteiger partial charge in [0.1, 0.15) is 5.76 Å². The largest absolute Gasteiger partial charge is 0.468 e. The maximum absolute atomic E-state index is 5.01. The molecule has 0 amide bonds. The minimum atomic E-state index is 0.590. The zero-order chi connectivity index (χ0) is 8.53. The summed E-state index contributed by atoms with van der Waals surface area (Å²) in [7, 11) is 0. The van der Waals surface area contributed by atoms with E-state index in [2.05, 4.69) is 23.4 Å². The van der Waals surface area contributed by atoms with E-state index in [1.807, 2.05) is 12.1 Å². The van der Waals surface area contributed by atoms with Gasteiger partial charge in [-0.3, -0.25) is 11.3 Å². The van der Waals surface area contributed by atoms with Crippen LogP contribution in [0.2, 0.25) is 0 Å². The SMILES string of the molecule is NC=S.NNCc1ccco1. The number of furan rings is 1. The summed E-state index contributed by atoms with van der Waals surface area (Å²) in [6.07, 6.45) is 1.62. The van der Waals surface area contributed by atoms with Gasteiger partial charge in [-0.05, 0) is 12.1 Å². The third-order valence-corrected chi connectivity index (χ3v) is 0.856. The molecule has 0 saturated heterocycles. The Morgan fingerprint density at radius 1 is 1.73 bits per heavy atom. The number of hydrogen-bond acceptors (Lipinski definition) is 4. The van der Waals surface area contributed by atoms with E-state index in [0.717, 1.165) is 11.3 Å². The minimum Gasteiger partial charge on any atom is -0.468 e. The Bertz CT molecular complexity index is 176. The van der Waals surface area contributed by atoms with Crippen molar-refractivity contribution in [2.24, 2.45) is 11.6 Å². The second kappa shape index (κ2) is 7.20. The zero-order valence-electron chi connectivity index (χ0n) is 5.99. The minimum absolute atomic E-state index is 0.590. The number of nitrogens with one attached hydrogen (secondary N) is 1. The highest BCUT2D eigenvalue weighted by molar-refractivity contribution is 7.78. The number of nitrogens with two attached hydrogens (primary N) is 2. The molecule has 4 nitrogen and oxygen atoms in total. The molecule has 62 valence electrons. The molecular weight excluding hydrogens is 162 g/mol. The molecule has 1 aromatic rings. The molecule has 5 heteroatoms. The highest BCUT2D eigenvalue weighted by Gasteiger charge is 1.88. The van der Waals surface area contributed by atoms with E-state index in [9.17, 15) is 0 Å². The Kier molecular flexibility index (Phi) is 6.60. The molecule has 0 radical (unpaired) electrons. The van der Waals surface area contributed by atoms with E-state index in [-0.39, 0.29) is 0 Å². The molecule has 0 aliphatic rings. The summed E-state index contributed by atoms with van der Waals surface area (Å²) in [4.78, 5) is 0. The smallest absolute Gasteiger partial charge is 0.118 e. The maximum Gasteiger partial charge on any atom is 0.118 e. The molecule has 0 aliphatic heterocycles. The molecule has 0 unspecified atom stereocenters. The van der Waals surface area contributed by atoms with Crippen LogP contribution in [-0.4, -0.2) is 5.49 Å². The van der Waals surface area contributed by atoms with Crippen molar-refractivity contribution in [1.82, 2.24) is 5.43 Å². The second-order valence-electron chi connectivity index (χ2n) is 1.60. The number of hydrazine groups is 1. The average Bonchev–Trinajstić information content (AvgIpc) is 2.42. The molecule has 0 saturated carbocycles. The summed E-state index contributed by atoms with van der Waals surface area (Å²) in [5.41, 5.74) is 8.10. The lowest BCUT2D eigenvalue weighted by Crippen LogP contribution is -2.20. The van der Waals surface area contributed by atoms with Crippen molar-refractivity contribution >= 4 is 17.7 Å². The van der Waals surface area contributed by atoms with Gasteiger partial charge in [0, 0.05) is 0 Å². The molecule has 5 N–H and O–H groups in total. The molecule has 0 aromatic carbocycles. The molecule has 1 aromatic heterocycles. The van der Waals surface area contributed by atoms with Crippen molar-refractivity contribution in [2.75, 3.05) is 0 Å².